The van der Waals surface area contributed by atoms with Crippen LogP contribution in [0.25, 0.3) is 0 Å². The standard InChI is InChI=1S/C14H22F6N2O5S2.ClH/c15-13(16,17)11(9-21-1-5-28(23,24)6-2-21)27-12(14(18,19)20)10-22-3-7-29(25,26)8-4-22;/h11-12H,1-10H2;1H/t11-,12-;/m0./s1. The Labute approximate surface area is 177 Å². The Bertz CT molecular complexity index is 683. The van der Waals surface area contributed by atoms with Gasteiger partial charge in [0.05, 0.1) is 23.0 Å². The third-order valence-corrected chi connectivity index (χ3v) is 8.00. The van der Waals surface area contributed by atoms with Crippen LogP contribution in [0.4, 0.5) is 26.3 Å². The summed E-state index contributed by atoms with van der Waals surface area (Å²) in [5, 5.41) is 0. The van der Waals surface area contributed by atoms with Crippen LogP contribution in [0.1, 0.15) is 0 Å². The Hall–Kier alpha value is -0.350. The van der Waals surface area contributed by atoms with Gasteiger partial charge < -0.3 is 4.74 Å². The Kier molecular flexibility index (Phi) is 9.29. The number of nitrogens with zero attached hydrogens (tertiary/aromatic N) is 2. The van der Waals surface area contributed by atoms with Crippen molar-refractivity contribution in [2.45, 2.75) is 24.6 Å². The lowest BCUT2D eigenvalue weighted by molar-refractivity contribution is -0.290. The highest BCUT2D eigenvalue weighted by Crippen LogP contribution is 2.31. The molecule has 2 atom stereocenters. The molecular formula is C14H23ClF6N2O5S2. The van der Waals surface area contributed by atoms with E-state index >= 15 is 0 Å². The van der Waals surface area contributed by atoms with Crippen molar-refractivity contribution < 1.29 is 47.9 Å². The summed E-state index contributed by atoms with van der Waals surface area (Å²) >= 11 is 0. The molecule has 0 amide bonds. The third-order valence-electron chi connectivity index (χ3n) is 4.78. The van der Waals surface area contributed by atoms with Crippen LogP contribution in [0, 0.1) is 0 Å². The van der Waals surface area contributed by atoms with Crippen LogP contribution in [0.3, 0.4) is 0 Å². The summed E-state index contributed by atoms with van der Waals surface area (Å²) in [6.07, 6.45) is -15.7. The molecule has 0 bridgehead atoms. The number of sulfone groups is 2. The smallest absolute Gasteiger partial charge is 0.353 e. The summed E-state index contributed by atoms with van der Waals surface area (Å²) in [6.45, 7) is -2.73. The van der Waals surface area contributed by atoms with Gasteiger partial charge in [0.15, 0.2) is 31.9 Å². The minimum atomic E-state index is -5.09. The lowest BCUT2D eigenvalue weighted by atomic mass is 10.2. The molecule has 2 aliphatic rings. The minimum Gasteiger partial charge on any atom is -0.353 e. The quantitative estimate of drug-likeness (QED) is 0.486. The van der Waals surface area contributed by atoms with Crippen LogP contribution in [-0.2, 0) is 24.4 Å². The van der Waals surface area contributed by atoms with E-state index in [-0.39, 0.29) is 61.6 Å². The van der Waals surface area contributed by atoms with Crippen molar-refractivity contribution >= 4 is 32.1 Å². The number of alkyl halides is 6. The van der Waals surface area contributed by atoms with Gasteiger partial charge in [0.1, 0.15) is 0 Å². The van der Waals surface area contributed by atoms with E-state index in [0.717, 1.165) is 9.80 Å². The van der Waals surface area contributed by atoms with Crippen LogP contribution in [-0.4, -0.2) is 113 Å². The number of hydrogen-bond acceptors (Lipinski definition) is 7. The van der Waals surface area contributed by atoms with Gasteiger partial charge in [-0.25, -0.2) is 16.8 Å². The van der Waals surface area contributed by atoms with Gasteiger partial charge >= 0.3 is 12.4 Å². The molecule has 16 heteroatoms. The van der Waals surface area contributed by atoms with Crippen molar-refractivity contribution in [1.29, 1.82) is 0 Å². The first-order valence-electron chi connectivity index (χ1n) is 8.72. The fourth-order valence-corrected chi connectivity index (χ4v) is 5.53. The zero-order valence-corrected chi connectivity index (χ0v) is 18.1. The maximum atomic E-state index is 13.3. The first-order valence-corrected chi connectivity index (χ1v) is 12.4. The molecule has 2 rings (SSSR count). The van der Waals surface area contributed by atoms with Crippen LogP contribution in [0.5, 0.6) is 0 Å². The molecule has 2 saturated heterocycles. The molecule has 7 nitrogen and oxygen atoms in total. The average Bonchev–Trinajstić information content (AvgIpc) is 2.54. The Morgan fingerprint density at radius 3 is 1.17 bits per heavy atom. The predicted molar refractivity (Wildman–Crippen MR) is 98.2 cm³/mol. The molecule has 2 heterocycles. The van der Waals surface area contributed by atoms with Crippen LogP contribution in [0.15, 0.2) is 0 Å². The van der Waals surface area contributed by atoms with Gasteiger partial charge in [-0.2, -0.15) is 26.3 Å². The Morgan fingerprint density at radius 2 is 0.933 bits per heavy atom. The second kappa shape index (κ2) is 10.1. The van der Waals surface area contributed by atoms with E-state index < -0.39 is 57.3 Å². The molecule has 0 aliphatic carbocycles. The zero-order chi connectivity index (χ0) is 22.1. The van der Waals surface area contributed by atoms with Crippen molar-refractivity contribution in [3.05, 3.63) is 0 Å². The number of halogens is 7. The van der Waals surface area contributed by atoms with Crippen LogP contribution < -0.4 is 0 Å². The molecule has 0 aromatic carbocycles. The zero-order valence-electron chi connectivity index (χ0n) is 15.7. The van der Waals surface area contributed by atoms with Crippen molar-refractivity contribution in [3.63, 3.8) is 0 Å². The highest BCUT2D eigenvalue weighted by Gasteiger charge is 2.50. The van der Waals surface area contributed by atoms with Crippen molar-refractivity contribution in [2.24, 2.45) is 0 Å². The van der Waals surface area contributed by atoms with Gasteiger partial charge in [0.2, 0.25) is 0 Å². The van der Waals surface area contributed by atoms with Gasteiger partial charge in [-0.1, -0.05) is 0 Å². The number of rotatable bonds is 6. The fraction of sp³-hybridized carbons (Fsp3) is 1.00. The van der Waals surface area contributed by atoms with E-state index in [0.29, 0.717) is 0 Å². The van der Waals surface area contributed by atoms with Gasteiger partial charge in [-0.05, 0) is 0 Å². The monoisotopic (exact) mass is 512 g/mol. The van der Waals surface area contributed by atoms with E-state index in [9.17, 15) is 43.2 Å². The molecule has 0 radical (unpaired) electrons. The Morgan fingerprint density at radius 1 is 0.667 bits per heavy atom. The fourth-order valence-electron chi connectivity index (χ4n) is 2.98. The largest absolute Gasteiger partial charge is 0.415 e. The second-order valence-corrected chi connectivity index (χ2v) is 11.7. The molecule has 180 valence electrons. The normalized spacial score (nSPS) is 25.3. The highest BCUT2D eigenvalue weighted by molar-refractivity contribution is 7.91. The molecule has 2 aliphatic heterocycles. The van der Waals surface area contributed by atoms with E-state index in [1.165, 1.54) is 0 Å². The summed E-state index contributed by atoms with van der Waals surface area (Å²) in [4.78, 5) is 2.22. The maximum Gasteiger partial charge on any atom is 0.415 e. The van der Waals surface area contributed by atoms with E-state index in [2.05, 4.69) is 4.74 Å². The minimum absolute atomic E-state index is 0. The van der Waals surface area contributed by atoms with Gasteiger partial charge in [0, 0.05) is 39.3 Å². The molecule has 0 spiro atoms. The predicted octanol–water partition coefficient (Wildman–Crippen LogP) is 0.747. The van der Waals surface area contributed by atoms with Gasteiger partial charge in [-0.15, -0.1) is 12.4 Å². The molecule has 0 aromatic rings. The first kappa shape index (κ1) is 27.7. The average molecular weight is 513 g/mol. The van der Waals surface area contributed by atoms with Crippen molar-refractivity contribution in [2.75, 3.05) is 62.3 Å². The molecule has 30 heavy (non-hydrogen) atoms. The second-order valence-electron chi connectivity index (χ2n) is 7.10. The van der Waals surface area contributed by atoms with Gasteiger partial charge in [0.25, 0.3) is 0 Å². The molecule has 0 unspecified atom stereocenters. The summed E-state index contributed by atoms with van der Waals surface area (Å²) in [5.41, 5.74) is 0. The highest BCUT2D eigenvalue weighted by atomic mass is 35.5. The summed E-state index contributed by atoms with van der Waals surface area (Å²) in [7, 11) is -6.72. The third kappa shape index (κ3) is 8.65. The van der Waals surface area contributed by atoms with Gasteiger partial charge in [-0.3, -0.25) is 9.80 Å². The van der Waals surface area contributed by atoms with Crippen molar-refractivity contribution in [1.82, 2.24) is 9.80 Å². The van der Waals surface area contributed by atoms with E-state index in [4.69, 9.17) is 0 Å². The van der Waals surface area contributed by atoms with E-state index in [1.54, 1.807) is 0 Å². The van der Waals surface area contributed by atoms with Crippen LogP contribution >= 0.6 is 12.4 Å². The molecule has 2 fully saturated rings. The summed E-state index contributed by atoms with van der Waals surface area (Å²) in [5.74, 6) is -1.49. The summed E-state index contributed by atoms with van der Waals surface area (Å²) in [6, 6.07) is 0. The van der Waals surface area contributed by atoms with Crippen molar-refractivity contribution in [3.8, 4) is 0 Å². The summed E-state index contributed by atoms with van der Waals surface area (Å²) < 4.78 is 130. The molecule has 0 saturated carbocycles. The molecule has 0 N–H and O–H groups in total. The number of hydrogen-bond donors (Lipinski definition) is 0. The Balaban J connectivity index is 0.00000450. The maximum absolute atomic E-state index is 13.3. The van der Waals surface area contributed by atoms with Crippen LogP contribution in [0.2, 0.25) is 0 Å². The SMILES string of the molecule is Cl.O=S1(=O)CCN(C[C@H](O[C@@H](CN2CCS(=O)(=O)CC2)C(F)(F)F)C(F)(F)F)CC1. The van der Waals surface area contributed by atoms with E-state index in [1.807, 2.05) is 0 Å². The molecular weight excluding hydrogens is 490 g/mol. The first-order chi connectivity index (χ1) is 13.1. The number of ether oxygens (including phenoxy) is 1. The lowest BCUT2D eigenvalue weighted by Gasteiger charge is -2.36. The topological polar surface area (TPSA) is 84.0 Å². The molecule has 0 aromatic heterocycles. The lowest BCUT2D eigenvalue weighted by Crippen LogP contribution is -2.54.